The second-order valence-corrected chi connectivity index (χ2v) is 8.38. The van der Waals surface area contributed by atoms with Crippen LogP contribution in [-0.4, -0.2) is 62.2 Å². The molecule has 2 unspecified atom stereocenters. The summed E-state index contributed by atoms with van der Waals surface area (Å²) in [4.78, 5) is 14.5. The minimum Gasteiger partial charge on any atom is -0.359 e. The minimum absolute atomic E-state index is 0.0629. The van der Waals surface area contributed by atoms with Crippen LogP contribution in [0.2, 0.25) is 0 Å². The first-order valence-corrected chi connectivity index (χ1v) is 10.1. The molecule has 2 atom stereocenters. The average molecular weight is 357 g/mol. The van der Waals surface area contributed by atoms with Gasteiger partial charge in [-0.15, -0.1) is 0 Å². The van der Waals surface area contributed by atoms with Crippen LogP contribution in [0.4, 0.5) is 0 Å². The third kappa shape index (κ3) is 3.80. The number of carbonyl (C=O) groups excluding carboxylic acids is 1. The molecule has 3 aliphatic rings. The molecule has 3 N–H and O–H groups in total. The summed E-state index contributed by atoms with van der Waals surface area (Å²) in [6, 6.07) is 11.6. The molecule has 5 heteroatoms. The first kappa shape index (κ1) is 18.0. The van der Waals surface area contributed by atoms with Crippen molar-refractivity contribution in [1.29, 1.82) is 0 Å². The maximum Gasteiger partial charge on any atom is 0.221 e. The lowest BCUT2D eigenvalue weighted by molar-refractivity contribution is -0.125. The van der Waals surface area contributed by atoms with E-state index < -0.39 is 0 Å². The molecule has 1 aromatic rings. The third-order valence-corrected chi connectivity index (χ3v) is 6.65. The van der Waals surface area contributed by atoms with Gasteiger partial charge in [-0.1, -0.05) is 30.3 Å². The van der Waals surface area contributed by atoms with Crippen molar-refractivity contribution < 1.29 is 4.79 Å². The predicted molar refractivity (Wildman–Crippen MR) is 104 cm³/mol. The summed E-state index contributed by atoms with van der Waals surface area (Å²) in [6.07, 6.45) is 4.39. The van der Waals surface area contributed by atoms with Crippen molar-refractivity contribution in [1.82, 2.24) is 20.9 Å². The fourth-order valence-electron chi connectivity index (χ4n) is 4.68. The van der Waals surface area contributed by atoms with Crippen LogP contribution in [0.15, 0.2) is 30.3 Å². The Balaban J connectivity index is 1.20. The minimum atomic E-state index is 0.0629. The maximum atomic E-state index is 11.9. The molecule has 26 heavy (non-hydrogen) atoms. The largest absolute Gasteiger partial charge is 0.359 e. The lowest BCUT2D eigenvalue weighted by Crippen LogP contribution is -2.71. The molecule has 0 radical (unpaired) electrons. The number of rotatable bonds is 7. The van der Waals surface area contributed by atoms with E-state index in [9.17, 15) is 4.79 Å². The number of likely N-dealkylation sites (tertiary alicyclic amines) is 1. The highest BCUT2D eigenvalue weighted by Gasteiger charge is 2.45. The van der Waals surface area contributed by atoms with Gasteiger partial charge in [-0.3, -0.25) is 9.69 Å². The van der Waals surface area contributed by atoms with Gasteiger partial charge in [0.2, 0.25) is 5.91 Å². The average Bonchev–Trinajstić information content (AvgIpc) is 3.44. The number of nitrogens with one attached hydrogen (secondary N) is 3. The van der Waals surface area contributed by atoms with Crippen LogP contribution in [0, 0.1) is 5.92 Å². The molecule has 1 aliphatic carbocycles. The molecule has 2 aliphatic heterocycles. The van der Waals surface area contributed by atoms with E-state index in [1.54, 1.807) is 7.05 Å². The van der Waals surface area contributed by atoms with Crippen molar-refractivity contribution >= 4 is 5.91 Å². The topological polar surface area (TPSA) is 56.4 Å². The standard InChI is InChI=1S/C21H32N4O/c1-22-20(26)12-21(14-23-15-21)25-9-7-16(8-10-25)13-24-19-11-18(19)17-5-3-2-4-6-17/h2-6,16,18-19,23-24H,7-15H2,1H3,(H,22,26). The van der Waals surface area contributed by atoms with E-state index in [1.807, 2.05) is 0 Å². The third-order valence-electron chi connectivity index (χ3n) is 6.65. The van der Waals surface area contributed by atoms with Crippen LogP contribution in [0.3, 0.4) is 0 Å². The molecular formula is C21H32N4O. The fraction of sp³-hybridized carbons (Fsp3) is 0.667. The Morgan fingerprint density at radius 1 is 1.23 bits per heavy atom. The van der Waals surface area contributed by atoms with Crippen LogP contribution >= 0.6 is 0 Å². The molecule has 1 amide bonds. The Kier molecular flexibility index (Phi) is 5.30. The van der Waals surface area contributed by atoms with Gasteiger partial charge < -0.3 is 16.0 Å². The molecular weight excluding hydrogens is 324 g/mol. The van der Waals surface area contributed by atoms with Gasteiger partial charge >= 0.3 is 0 Å². The smallest absolute Gasteiger partial charge is 0.221 e. The number of hydrogen-bond acceptors (Lipinski definition) is 4. The Morgan fingerprint density at radius 2 is 1.96 bits per heavy atom. The number of piperidine rings is 1. The van der Waals surface area contributed by atoms with E-state index in [2.05, 4.69) is 51.2 Å². The molecule has 2 heterocycles. The van der Waals surface area contributed by atoms with E-state index in [0.29, 0.717) is 18.4 Å². The second kappa shape index (κ2) is 7.67. The van der Waals surface area contributed by atoms with Gasteiger partial charge in [0.25, 0.3) is 0 Å². The summed E-state index contributed by atoms with van der Waals surface area (Å²) in [5.41, 5.74) is 1.54. The molecule has 3 fully saturated rings. The first-order chi connectivity index (χ1) is 12.7. The van der Waals surface area contributed by atoms with Crippen LogP contribution < -0.4 is 16.0 Å². The highest BCUT2D eigenvalue weighted by molar-refractivity contribution is 5.77. The zero-order valence-corrected chi connectivity index (χ0v) is 15.8. The summed E-state index contributed by atoms with van der Waals surface area (Å²) in [7, 11) is 1.74. The van der Waals surface area contributed by atoms with E-state index in [0.717, 1.165) is 38.6 Å². The van der Waals surface area contributed by atoms with Crippen LogP contribution in [0.25, 0.3) is 0 Å². The summed E-state index contributed by atoms with van der Waals surface area (Å²) >= 11 is 0. The Hall–Kier alpha value is -1.43. The number of amides is 1. The van der Waals surface area contributed by atoms with E-state index in [-0.39, 0.29) is 11.4 Å². The van der Waals surface area contributed by atoms with Gasteiger partial charge in [0.1, 0.15) is 0 Å². The van der Waals surface area contributed by atoms with Gasteiger partial charge in [0, 0.05) is 38.5 Å². The van der Waals surface area contributed by atoms with Crippen molar-refractivity contribution in [3.05, 3.63) is 35.9 Å². The van der Waals surface area contributed by atoms with Gasteiger partial charge in [0.05, 0.1) is 5.54 Å². The van der Waals surface area contributed by atoms with Crippen molar-refractivity contribution in [2.75, 3.05) is 39.8 Å². The highest BCUT2D eigenvalue weighted by atomic mass is 16.1. The zero-order valence-electron chi connectivity index (χ0n) is 15.8. The van der Waals surface area contributed by atoms with Crippen molar-refractivity contribution in [3.63, 3.8) is 0 Å². The highest BCUT2D eigenvalue weighted by Crippen LogP contribution is 2.41. The van der Waals surface area contributed by atoms with Gasteiger partial charge in [0.15, 0.2) is 0 Å². The number of hydrogen-bond donors (Lipinski definition) is 3. The predicted octanol–water partition coefficient (Wildman–Crippen LogP) is 1.32. The normalized spacial score (nSPS) is 28.3. The Morgan fingerprint density at radius 3 is 2.58 bits per heavy atom. The van der Waals surface area contributed by atoms with Crippen LogP contribution in [0.1, 0.15) is 37.2 Å². The van der Waals surface area contributed by atoms with Gasteiger partial charge in [-0.25, -0.2) is 0 Å². The molecule has 142 valence electrons. The van der Waals surface area contributed by atoms with E-state index >= 15 is 0 Å². The van der Waals surface area contributed by atoms with Crippen molar-refractivity contribution in [2.45, 2.75) is 43.2 Å². The lowest BCUT2D eigenvalue weighted by Gasteiger charge is -2.52. The Bertz CT molecular complexity index is 608. The zero-order chi connectivity index (χ0) is 18.0. The van der Waals surface area contributed by atoms with Crippen LogP contribution in [0.5, 0.6) is 0 Å². The molecule has 5 nitrogen and oxygen atoms in total. The Labute approximate surface area is 156 Å². The van der Waals surface area contributed by atoms with E-state index in [1.165, 1.54) is 24.8 Å². The first-order valence-electron chi connectivity index (χ1n) is 10.1. The molecule has 0 aromatic heterocycles. The number of carbonyl (C=O) groups is 1. The summed E-state index contributed by atoms with van der Waals surface area (Å²) in [6.45, 7) is 5.28. The van der Waals surface area contributed by atoms with Gasteiger partial charge in [-0.2, -0.15) is 0 Å². The number of benzene rings is 1. The summed E-state index contributed by atoms with van der Waals surface area (Å²) in [5, 5.41) is 9.97. The maximum absolute atomic E-state index is 11.9. The lowest BCUT2D eigenvalue weighted by atomic mass is 9.83. The molecule has 2 saturated heterocycles. The summed E-state index contributed by atoms with van der Waals surface area (Å²) < 4.78 is 0. The molecule has 1 saturated carbocycles. The van der Waals surface area contributed by atoms with Crippen LogP contribution in [-0.2, 0) is 4.79 Å². The van der Waals surface area contributed by atoms with Gasteiger partial charge in [-0.05, 0) is 50.4 Å². The molecule has 1 aromatic carbocycles. The summed E-state index contributed by atoms with van der Waals surface area (Å²) in [5.74, 6) is 1.65. The SMILES string of the molecule is CNC(=O)CC1(N2CCC(CNC3CC3c3ccccc3)CC2)CNC1. The van der Waals surface area contributed by atoms with Crippen molar-refractivity contribution in [2.24, 2.45) is 5.92 Å². The quantitative estimate of drug-likeness (QED) is 0.690. The second-order valence-electron chi connectivity index (χ2n) is 8.38. The fourth-order valence-corrected chi connectivity index (χ4v) is 4.68. The molecule has 0 bridgehead atoms. The van der Waals surface area contributed by atoms with Crippen molar-refractivity contribution in [3.8, 4) is 0 Å². The molecule has 0 spiro atoms. The monoisotopic (exact) mass is 356 g/mol. The molecule has 4 rings (SSSR count). The number of nitrogens with zero attached hydrogens (tertiary/aromatic N) is 1. The van der Waals surface area contributed by atoms with E-state index in [4.69, 9.17) is 0 Å².